The highest BCUT2D eigenvalue weighted by atomic mass is 35.5. The summed E-state index contributed by atoms with van der Waals surface area (Å²) in [5.74, 6) is 0. The van der Waals surface area contributed by atoms with Crippen molar-refractivity contribution in [1.29, 1.82) is 0 Å². The number of rotatable bonds is 2. The minimum Gasteiger partial charge on any atom is -0.324 e. The lowest BCUT2D eigenvalue weighted by Crippen LogP contribution is -2.07. The van der Waals surface area contributed by atoms with Gasteiger partial charge in [-0.05, 0) is 26.0 Å². The molecule has 2 N–H and O–H groups in total. The molecule has 1 atom stereocenters. The molecule has 1 unspecified atom stereocenters. The molecule has 4 heteroatoms. The molecule has 0 aliphatic carbocycles. The summed E-state index contributed by atoms with van der Waals surface area (Å²) in [4.78, 5) is 0. The Morgan fingerprint density at radius 1 is 1.38 bits per heavy atom. The van der Waals surface area contributed by atoms with Crippen molar-refractivity contribution in [1.82, 2.24) is 9.78 Å². The van der Waals surface area contributed by atoms with Crippen LogP contribution in [0.3, 0.4) is 0 Å². The van der Waals surface area contributed by atoms with Crippen LogP contribution in [-0.2, 0) is 0 Å². The zero-order valence-electron chi connectivity index (χ0n) is 9.31. The summed E-state index contributed by atoms with van der Waals surface area (Å²) in [6, 6.07) is 7.61. The van der Waals surface area contributed by atoms with Crippen LogP contribution in [0.5, 0.6) is 0 Å². The van der Waals surface area contributed by atoms with Crippen molar-refractivity contribution in [3.05, 3.63) is 46.7 Å². The van der Waals surface area contributed by atoms with E-state index in [0.717, 1.165) is 16.9 Å². The highest BCUT2D eigenvalue weighted by molar-refractivity contribution is 6.32. The van der Waals surface area contributed by atoms with Crippen LogP contribution < -0.4 is 5.73 Å². The Kier molecular flexibility index (Phi) is 2.99. The summed E-state index contributed by atoms with van der Waals surface area (Å²) >= 11 is 6.13. The Morgan fingerprint density at radius 2 is 2.06 bits per heavy atom. The molecule has 1 aromatic carbocycles. The number of aromatic nitrogens is 2. The minimum absolute atomic E-state index is 0.0174. The number of nitrogens with zero attached hydrogens (tertiary/aromatic N) is 2. The van der Waals surface area contributed by atoms with Crippen LogP contribution in [0, 0.1) is 6.92 Å². The lowest BCUT2D eigenvalue weighted by atomic mass is 10.1. The average Bonchev–Trinajstić information content (AvgIpc) is 2.61. The van der Waals surface area contributed by atoms with Crippen LogP contribution in [0.15, 0.2) is 30.5 Å². The van der Waals surface area contributed by atoms with Gasteiger partial charge in [-0.3, -0.25) is 0 Å². The molecule has 0 saturated carbocycles. The van der Waals surface area contributed by atoms with Gasteiger partial charge >= 0.3 is 0 Å². The molecule has 1 heterocycles. The zero-order valence-corrected chi connectivity index (χ0v) is 10.1. The number of nitrogens with two attached hydrogens (primary N) is 1. The fraction of sp³-hybridized carbons (Fsp3) is 0.250. The van der Waals surface area contributed by atoms with Crippen molar-refractivity contribution in [2.24, 2.45) is 5.73 Å². The number of benzene rings is 1. The highest BCUT2D eigenvalue weighted by Crippen LogP contribution is 2.23. The van der Waals surface area contributed by atoms with Crippen molar-refractivity contribution in [3.8, 4) is 5.69 Å². The Morgan fingerprint density at radius 3 is 2.62 bits per heavy atom. The SMILES string of the molecule is Cc1c(C(C)N)cnn1-c1ccccc1Cl. The van der Waals surface area contributed by atoms with E-state index in [4.69, 9.17) is 17.3 Å². The van der Waals surface area contributed by atoms with Crippen molar-refractivity contribution in [3.63, 3.8) is 0 Å². The molecule has 0 bridgehead atoms. The molecule has 0 amide bonds. The lowest BCUT2D eigenvalue weighted by Gasteiger charge is -2.08. The maximum absolute atomic E-state index is 6.13. The third kappa shape index (κ3) is 1.84. The molecule has 0 saturated heterocycles. The third-order valence-electron chi connectivity index (χ3n) is 2.62. The predicted octanol–water partition coefficient (Wildman–Crippen LogP) is 2.85. The molecule has 3 nitrogen and oxygen atoms in total. The summed E-state index contributed by atoms with van der Waals surface area (Å²) in [5, 5.41) is 5.01. The van der Waals surface area contributed by atoms with Gasteiger partial charge in [-0.2, -0.15) is 5.10 Å². The Hall–Kier alpha value is -1.32. The smallest absolute Gasteiger partial charge is 0.0834 e. The van der Waals surface area contributed by atoms with Gasteiger partial charge in [-0.1, -0.05) is 23.7 Å². The van der Waals surface area contributed by atoms with Gasteiger partial charge in [0.25, 0.3) is 0 Å². The van der Waals surface area contributed by atoms with Crippen molar-refractivity contribution < 1.29 is 0 Å². The first-order valence-corrected chi connectivity index (χ1v) is 5.54. The normalized spacial score (nSPS) is 12.8. The van der Waals surface area contributed by atoms with Gasteiger partial charge in [-0.15, -0.1) is 0 Å². The summed E-state index contributed by atoms with van der Waals surface area (Å²) in [6.07, 6.45) is 1.79. The zero-order chi connectivity index (χ0) is 11.7. The van der Waals surface area contributed by atoms with Crippen LogP contribution in [0.25, 0.3) is 5.69 Å². The first kappa shape index (κ1) is 11.2. The molecule has 1 aromatic heterocycles. The van der Waals surface area contributed by atoms with Gasteiger partial charge in [0, 0.05) is 17.3 Å². The summed E-state index contributed by atoms with van der Waals surface area (Å²) in [6.45, 7) is 3.94. The van der Waals surface area contributed by atoms with E-state index in [2.05, 4.69) is 5.10 Å². The summed E-state index contributed by atoms with van der Waals surface area (Å²) in [5.41, 5.74) is 8.81. The van der Waals surface area contributed by atoms with E-state index in [9.17, 15) is 0 Å². The Balaban J connectivity index is 2.54. The van der Waals surface area contributed by atoms with E-state index in [0.29, 0.717) is 5.02 Å². The van der Waals surface area contributed by atoms with E-state index in [-0.39, 0.29) is 6.04 Å². The van der Waals surface area contributed by atoms with E-state index >= 15 is 0 Å². The second kappa shape index (κ2) is 4.28. The minimum atomic E-state index is -0.0174. The number of halogens is 1. The van der Waals surface area contributed by atoms with Crippen LogP contribution in [0.2, 0.25) is 5.02 Å². The molecule has 0 aliphatic rings. The maximum atomic E-state index is 6.13. The van der Waals surface area contributed by atoms with Gasteiger partial charge in [0.15, 0.2) is 0 Å². The van der Waals surface area contributed by atoms with E-state index < -0.39 is 0 Å². The monoisotopic (exact) mass is 235 g/mol. The second-order valence-corrected chi connectivity index (χ2v) is 4.24. The van der Waals surface area contributed by atoms with Gasteiger partial charge in [0.1, 0.15) is 0 Å². The van der Waals surface area contributed by atoms with Crippen LogP contribution >= 0.6 is 11.6 Å². The Bertz CT molecular complexity index is 503. The molecule has 0 aliphatic heterocycles. The van der Waals surface area contributed by atoms with E-state index in [1.165, 1.54) is 0 Å². The van der Waals surface area contributed by atoms with Crippen LogP contribution in [-0.4, -0.2) is 9.78 Å². The third-order valence-corrected chi connectivity index (χ3v) is 2.94. The number of para-hydroxylation sites is 1. The van der Waals surface area contributed by atoms with E-state index in [1.54, 1.807) is 6.20 Å². The molecular weight excluding hydrogens is 222 g/mol. The first-order valence-electron chi connectivity index (χ1n) is 5.16. The van der Waals surface area contributed by atoms with Crippen molar-refractivity contribution >= 4 is 11.6 Å². The summed E-state index contributed by atoms with van der Waals surface area (Å²) < 4.78 is 1.82. The van der Waals surface area contributed by atoms with Crippen LogP contribution in [0.4, 0.5) is 0 Å². The van der Waals surface area contributed by atoms with Gasteiger partial charge in [0.05, 0.1) is 16.9 Å². The molecule has 16 heavy (non-hydrogen) atoms. The lowest BCUT2D eigenvalue weighted by molar-refractivity contribution is 0.797. The highest BCUT2D eigenvalue weighted by Gasteiger charge is 2.12. The number of hydrogen-bond donors (Lipinski definition) is 1. The van der Waals surface area contributed by atoms with Gasteiger partial charge in [0.2, 0.25) is 0 Å². The molecule has 0 radical (unpaired) electrons. The fourth-order valence-electron chi connectivity index (χ4n) is 1.74. The quantitative estimate of drug-likeness (QED) is 0.870. The van der Waals surface area contributed by atoms with Crippen molar-refractivity contribution in [2.75, 3.05) is 0 Å². The second-order valence-electron chi connectivity index (χ2n) is 3.84. The standard InChI is InChI=1S/C12H14ClN3/c1-8(14)10-7-15-16(9(10)2)12-6-4-3-5-11(12)13/h3-8H,14H2,1-2H3. The molecular formula is C12H14ClN3. The van der Waals surface area contributed by atoms with Crippen LogP contribution in [0.1, 0.15) is 24.2 Å². The predicted molar refractivity (Wildman–Crippen MR) is 65.9 cm³/mol. The average molecular weight is 236 g/mol. The van der Waals surface area contributed by atoms with Gasteiger partial charge < -0.3 is 5.73 Å². The first-order chi connectivity index (χ1) is 7.61. The maximum Gasteiger partial charge on any atom is 0.0834 e. The molecule has 0 fully saturated rings. The number of hydrogen-bond acceptors (Lipinski definition) is 2. The van der Waals surface area contributed by atoms with Crippen molar-refractivity contribution in [2.45, 2.75) is 19.9 Å². The molecule has 0 spiro atoms. The summed E-state index contributed by atoms with van der Waals surface area (Å²) in [7, 11) is 0. The van der Waals surface area contributed by atoms with E-state index in [1.807, 2.05) is 42.8 Å². The van der Waals surface area contributed by atoms with Gasteiger partial charge in [-0.25, -0.2) is 4.68 Å². The fourth-order valence-corrected chi connectivity index (χ4v) is 1.95. The molecule has 2 aromatic rings. The largest absolute Gasteiger partial charge is 0.324 e. The topological polar surface area (TPSA) is 43.8 Å². The molecule has 84 valence electrons. The Labute approximate surface area is 99.8 Å². The molecule has 2 rings (SSSR count).